The van der Waals surface area contributed by atoms with E-state index in [2.05, 4.69) is 65.1 Å². The summed E-state index contributed by atoms with van der Waals surface area (Å²) >= 11 is 1.91. The first kappa shape index (κ1) is 14.0. The van der Waals surface area contributed by atoms with E-state index in [1.807, 2.05) is 22.6 Å². The molecule has 5 rings (SSSR count). The summed E-state index contributed by atoms with van der Waals surface area (Å²) in [6.07, 6.45) is 2.25. The van der Waals surface area contributed by atoms with E-state index >= 15 is 0 Å². The molecule has 0 amide bonds. The summed E-state index contributed by atoms with van der Waals surface area (Å²) in [5, 5.41) is 4.91. The fourth-order valence-corrected chi connectivity index (χ4v) is 9.39. The lowest BCUT2D eigenvalue weighted by Gasteiger charge is -2.18. The molecule has 0 aromatic heterocycles. The van der Waals surface area contributed by atoms with Gasteiger partial charge in [0.05, 0.1) is 20.5 Å². The molecule has 1 atom stereocenters. The largest absolute Gasteiger partial charge is 0.202 e. The molecule has 1 saturated carbocycles. The van der Waals surface area contributed by atoms with E-state index < -0.39 is 0 Å². The SMILES string of the molecule is c1ccc(SC2=C3CCC4=NN(c5ccccc5)S(=C43)S2)cc1. The second-order valence-electron chi connectivity index (χ2n) is 5.50. The molecule has 2 aliphatic heterocycles. The number of hydrogen-bond acceptors (Lipinski definition) is 4. The molecule has 0 spiro atoms. The highest BCUT2D eigenvalue weighted by Crippen LogP contribution is 2.61. The van der Waals surface area contributed by atoms with Crippen LogP contribution in [0.3, 0.4) is 0 Å². The maximum absolute atomic E-state index is 4.91. The van der Waals surface area contributed by atoms with E-state index in [0.717, 1.165) is 12.8 Å². The number of hydrazone groups is 1. The quantitative estimate of drug-likeness (QED) is 0.521. The average Bonchev–Trinajstić information content (AvgIpc) is 3.26. The van der Waals surface area contributed by atoms with Gasteiger partial charge in [-0.3, -0.25) is 0 Å². The number of thioether (sulfide) groups is 1. The van der Waals surface area contributed by atoms with Crippen LogP contribution in [-0.4, -0.2) is 10.6 Å². The Morgan fingerprint density at radius 2 is 1.70 bits per heavy atom. The highest BCUT2D eigenvalue weighted by atomic mass is 33.1. The van der Waals surface area contributed by atoms with Crippen molar-refractivity contribution < 1.29 is 0 Å². The van der Waals surface area contributed by atoms with Crippen LogP contribution < -0.4 is 4.41 Å². The number of hydrogen-bond donors (Lipinski definition) is 0. The van der Waals surface area contributed by atoms with Crippen LogP contribution in [0.25, 0.3) is 0 Å². The van der Waals surface area contributed by atoms with Crippen LogP contribution in [0.5, 0.6) is 0 Å². The van der Waals surface area contributed by atoms with Gasteiger partial charge in [-0.1, -0.05) is 48.2 Å². The molecule has 3 aliphatic rings. The topological polar surface area (TPSA) is 15.6 Å². The van der Waals surface area contributed by atoms with Crippen LogP contribution in [0.15, 0.2) is 80.5 Å². The van der Waals surface area contributed by atoms with Crippen molar-refractivity contribution in [1.82, 2.24) is 0 Å². The zero-order valence-electron chi connectivity index (χ0n) is 12.3. The molecule has 114 valence electrons. The summed E-state index contributed by atoms with van der Waals surface area (Å²) in [5.41, 5.74) is 4.05. The van der Waals surface area contributed by atoms with Gasteiger partial charge in [0.25, 0.3) is 0 Å². The second kappa shape index (κ2) is 5.58. The number of para-hydroxylation sites is 1. The lowest BCUT2D eigenvalue weighted by Crippen LogP contribution is -2.03. The Morgan fingerprint density at radius 3 is 2.48 bits per heavy atom. The lowest BCUT2D eigenvalue weighted by atomic mass is 10.3. The van der Waals surface area contributed by atoms with Crippen molar-refractivity contribution in [2.45, 2.75) is 17.7 Å². The van der Waals surface area contributed by atoms with Gasteiger partial charge >= 0.3 is 0 Å². The van der Waals surface area contributed by atoms with Crippen LogP contribution in [0, 0.1) is 0 Å². The van der Waals surface area contributed by atoms with E-state index in [0.29, 0.717) is 0 Å². The lowest BCUT2D eigenvalue weighted by molar-refractivity contribution is 1.09. The first-order valence-electron chi connectivity index (χ1n) is 7.59. The Labute approximate surface area is 146 Å². The van der Waals surface area contributed by atoms with Crippen LogP contribution in [0.2, 0.25) is 0 Å². The Hall–Kier alpha value is -1.43. The molecule has 1 aliphatic carbocycles. The van der Waals surface area contributed by atoms with E-state index in [1.54, 1.807) is 5.57 Å². The van der Waals surface area contributed by atoms with Crippen molar-refractivity contribution in [3.05, 3.63) is 70.5 Å². The van der Waals surface area contributed by atoms with E-state index in [9.17, 15) is 0 Å². The van der Waals surface area contributed by atoms with Gasteiger partial charge < -0.3 is 0 Å². The Balaban J connectivity index is 1.49. The third kappa shape index (κ3) is 2.30. The van der Waals surface area contributed by atoms with Crippen molar-refractivity contribution in [2.24, 2.45) is 5.10 Å². The van der Waals surface area contributed by atoms with Gasteiger partial charge in [0.15, 0.2) is 0 Å². The van der Waals surface area contributed by atoms with E-state index in [1.165, 1.54) is 25.4 Å². The molecule has 2 heterocycles. The van der Waals surface area contributed by atoms with Crippen LogP contribution in [0.4, 0.5) is 5.69 Å². The fourth-order valence-electron chi connectivity index (χ4n) is 2.96. The Morgan fingerprint density at radius 1 is 0.957 bits per heavy atom. The summed E-state index contributed by atoms with van der Waals surface area (Å²) in [7, 11) is 2.00. The predicted octanol–water partition coefficient (Wildman–Crippen LogP) is 5.68. The molecule has 0 N–H and O–H groups in total. The molecule has 1 unspecified atom stereocenters. The van der Waals surface area contributed by atoms with Crippen LogP contribution in [-0.2, 0) is 0 Å². The molecule has 2 aromatic rings. The molecule has 0 radical (unpaired) electrons. The van der Waals surface area contributed by atoms with Crippen LogP contribution >= 0.6 is 32.3 Å². The Kier molecular flexibility index (Phi) is 3.39. The summed E-state index contributed by atoms with van der Waals surface area (Å²) in [6, 6.07) is 21.2. The smallest absolute Gasteiger partial charge is 0.0780 e. The van der Waals surface area contributed by atoms with Crippen molar-refractivity contribution in [2.75, 3.05) is 4.41 Å². The average molecular weight is 355 g/mol. The maximum atomic E-state index is 4.91. The standard InChI is InChI=1S/C18H14N2S3/c1-3-7-13(8-4-1)20-19-16-12-11-15-17(16)23(20)22-18(15)21-14-9-5-2-6-10-14/h1-10H,11-12H2. The third-order valence-corrected chi connectivity index (χ3v) is 9.67. The minimum absolute atomic E-state index is 0.00997. The zero-order valence-corrected chi connectivity index (χ0v) is 14.8. The molecular weight excluding hydrogens is 340 g/mol. The molecule has 2 aromatic carbocycles. The highest BCUT2D eigenvalue weighted by Gasteiger charge is 2.40. The second-order valence-corrected chi connectivity index (χ2v) is 10.1. The van der Waals surface area contributed by atoms with Gasteiger partial charge in [0.1, 0.15) is 0 Å². The summed E-state index contributed by atoms with van der Waals surface area (Å²) in [4.78, 5) is 2.84. The van der Waals surface area contributed by atoms with Crippen molar-refractivity contribution in [3.63, 3.8) is 0 Å². The normalized spacial score (nSPS) is 21.9. The first-order chi connectivity index (χ1) is 11.4. The molecular formula is C18H14N2S3. The number of anilines is 1. The zero-order chi connectivity index (χ0) is 15.2. The van der Waals surface area contributed by atoms with Gasteiger partial charge in [-0.15, -0.1) is 0 Å². The van der Waals surface area contributed by atoms with Crippen molar-refractivity contribution in [1.29, 1.82) is 0 Å². The van der Waals surface area contributed by atoms with Gasteiger partial charge in [-0.2, -0.15) is 5.10 Å². The van der Waals surface area contributed by atoms with E-state index in [4.69, 9.17) is 5.10 Å². The van der Waals surface area contributed by atoms with Gasteiger partial charge in [0, 0.05) is 14.6 Å². The minimum atomic E-state index is 0.00997. The maximum Gasteiger partial charge on any atom is 0.0780 e. The number of rotatable bonds is 3. The molecule has 5 heteroatoms. The number of nitrogens with zero attached hydrogens (tertiary/aromatic N) is 2. The van der Waals surface area contributed by atoms with Crippen molar-refractivity contribution in [3.8, 4) is 0 Å². The number of allylic oxidation sites excluding steroid dienone is 1. The predicted molar refractivity (Wildman–Crippen MR) is 105 cm³/mol. The fraction of sp³-hybridized carbons (Fsp3) is 0.111. The molecule has 2 nitrogen and oxygen atoms in total. The van der Waals surface area contributed by atoms with E-state index in [-0.39, 0.29) is 9.70 Å². The summed E-state index contributed by atoms with van der Waals surface area (Å²) in [6.45, 7) is 0. The van der Waals surface area contributed by atoms with Gasteiger partial charge in [-0.25, -0.2) is 4.41 Å². The summed E-state index contributed by atoms with van der Waals surface area (Å²) < 4.78 is 3.70. The molecule has 0 bridgehead atoms. The Bertz CT molecular complexity index is 870. The van der Waals surface area contributed by atoms with Crippen LogP contribution in [0.1, 0.15) is 12.8 Å². The monoisotopic (exact) mass is 354 g/mol. The first-order valence-corrected chi connectivity index (χ1v) is 10.9. The minimum Gasteiger partial charge on any atom is -0.202 e. The van der Waals surface area contributed by atoms with Crippen molar-refractivity contribution >= 4 is 48.5 Å². The molecule has 23 heavy (non-hydrogen) atoms. The highest BCUT2D eigenvalue weighted by molar-refractivity contribution is 8.88. The number of benzene rings is 2. The van der Waals surface area contributed by atoms with Gasteiger partial charge in [0.2, 0.25) is 0 Å². The summed E-state index contributed by atoms with van der Waals surface area (Å²) in [5.74, 6) is 0. The molecule has 0 saturated heterocycles. The third-order valence-electron chi connectivity index (χ3n) is 4.02. The molecule has 1 fully saturated rings. The van der Waals surface area contributed by atoms with Gasteiger partial charge in [-0.05, 0) is 53.5 Å².